The first kappa shape index (κ1) is 15.6. The van der Waals surface area contributed by atoms with Crippen molar-refractivity contribution in [3.05, 3.63) is 58.4 Å². The molecule has 1 unspecified atom stereocenters. The van der Waals surface area contributed by atoms with Gasteiger partial charge in [-0.05, 0) is 49.0 Å². The SMILES string of the molecule is CNC(c1cc(F)ccc1Cl)c1cc(OC)ccc1OC. The van der Waals surface area contributed by atoms with Crippen LogP contribution in [0.15, 0.2) is 36.4 Å². The van der Waals surface area contributed by atoms with Crippen LogP contribution in [0.4, 0.5) is 4.39 Å². The van der Waals surface area contributed by atoms with Gasteiger partial charge in [0.25, 0.3) is 0 Å². The molecule has 0 aromatic heterocycles. The second kappa shape index (κ2) is 6.78. The van der Waals surface area contributed by atoms with E-state index in [2.05, 4.69) is 5.32 Å². The van der Waals surface area contributed by atoms with Gasteiger partial charge in [-0.15, -0.1) is 0 Å². The highest BCUT2D eigenvalue weighted by Gasteiger charge is 2.20. The summed E-state index contributed by atoms with van der Waals surface area (Å²) in [6.45, 7) is 0. The fourth-order valence-corrected chi connectivity index (χ4v) is 2.51. The summed E-state index contributed by atoms with van der Waals surface area (Å²) in [6, 6.07) is 9.46. The van der Waals surface area contributed by atoms with Crippen LogP contribution < -0.4 is 14.8 Å². The number of hydrogen-bond donors (Lipinski definition) is 1. The molecule has 0 spiro atoms. The summed E-state index contributed by atoms with van der Waals surface area (Å²) >= 11 is 6.21. The van der Waals surface area contributed by atoms with Crippen LogP contribution in [0.1, 0.15) is 17.2 Å². The van der Waals surface area contributed by atoms with Crippen LogP contribution in [0, 0.1) is 5.82 Å². The molecule has 1 N–H and O–H groups in total. The normalized spacial score (nSPS) is 12.0. The highest BCUT2D eigenvalue weighted by atomic mass is 35.5. The van der Waals surface area contributed by atoms with E-state index < -0.39 is 0 Å². The van der Waals surface area contributed by atoms with Crippen LogP contribution in [0.25, 0.3) is 0 Å². The molecule has 3 nitrogen and oxygen atoms in total. The van der Waals surface area contributed by atoms with Crippen molar-refractivity contribution < 1.29 is 13.9 Å². The number of ether oxygens (including phenoxy) is 2. The van der Waals surface area contributed by atoms with Crippen LogP contribution >= 0.6 is 11.6 Å². The zero-order valence-corrected chi connectivity index (χ0v) is 12.9. The molecule has 0 bridgehead atoms. The molecule has 0 radical (unpaired) electrons. The summed E-state index contributed by atoms with van der Waals surface area (Å²) < 4.78 is 24.2. The predicted octanol–water partition coefficient (Wildman–Crippen LogP) is 3.81. The molecule has 0 amide bonds. The molecule has 1 atom stereocenters. The van der Waals surface area contributed by atoms with Gasteiger partial charge in [-0.1, -0.05) is 11.6 Å². The van der Waals surface area contributed by atoms with E-state index in [-0.39, 0.29) is 11.9 Å². The third-order valence-electron chi connectivity index (χ3n) is 3.31. The van der Waals surface area contributed by atoms with Crippen LogP contribution in [-0.2, 0) is 0 Å². The van der Waals surface area contributed by atoms with Crippen LogP contribution in [0.5, 0.6) is 11.5 Å². The van der Waals surface area contributed by atoms with Crippen molar-refractivity contribution in [2.75, 3.05) is 21.3 Å². The van der Waals surface area contributed by atoms with E-state index in [4.69, 9.17) is 21.1 Å². The van der Waals surface area contributed by atoms with Crippen LogP contribution in [0.2, 0.25) is 5.02 Å². The summed E-state index contributed by atoms with van der Waals surface area (Å²) in [5, 5.41) is 3.63. The minimum absolute atomic E-state index is 0.307. The van der Waals surface area contributed by atoms with Gasteiger partial charge in [-0.2, -0.15) is 0 Å². The van der Waals surface area contributed by atoms with Crippen molar-refractivity contribution in [1.82, 2.24) is 5.32 Å². The summed E-state index contributed by atoms with van der Waals surface area (Å²) in [5.41, 5.74) is 1.47. The lowest BCUT2D eigenvalue weighted by Crippen LogP contribution is -2.19. The average molecular weight is 310 g/mol. The first-order valence-electron chi connectivity index (χ1n) is 6.44. The Kier molecular flexibility index (Phi) is 5.04. The fourth-order valence-electron chi connectivity index (χ4n) is 2.28. The van der Waals surface area contributed by atoms with Crippen molar-refractivity contribution in [3.8, 4) is 11.5 Å². The Bertz CT molecular complexity index is 634. The van der Waals surface area contributed by atoms with E-state index in [0.29, 0.717) is 22.1 Å². The topological polar surface area (TPSA) is 30.5 Å². The molecule has 0 aliphatic heterocycles. The van der Waals surface area contributed by atoms with Gasteiger partial charge in [0.1, 0.15) is 17.3 Å². The molecule has 21 heavy (non-hydrogen) atoms. The van der Waals surface area contributed by atoms with Crippen LogP contribution in [0.3, 0.4) is 0 Å². The Balaban J connectivity index is 2.57. The second-order valence-corrected chi connectivity index (χ2v) is 4.90. The lowest BCUT2D eigenvalue weighted by molar-refractivity contribution is 0.395. The van der Waals surface area contributed by atoms with Crippen molar-refractivity contribution in [2.45, 2.75) is 6.04 Å². The largest absolute Gasteiger partial charge is 0.497 e. The monoisotopic (exact) mass is 309 g/mol. The second-order valence-electron chi connectivity index (χ2n) is 4.50. The fraction of sp³-hybridized carbons (Fsp3) is 0.250. The number of hydrogen-bond acceptors (Lipinski definition) is 3. The quantitative estimate of drug-likeness (QED) is 0.911. The maximum Gasteiger partial charge on any atom is 0.124 e. The molecule has 0 heterocycles. The van der Waals surface area contributed by atoms with Gasteiger partial charge in [-0.3, -0.25) is 0 Å². The Morgan fingerprint density at radius 3 is 2.43 bits per heavy atom. The highest BCUT2D eigenvalue weighted by molar-refractivity contribution is 6.31. The predicted molar refractivity (Wildman–Crippen MR) is 81.9 cm³/mol. The number of halogens is 2. The Morgan fingerprint density at radius 2 is 1.81 bits per heavy atom. The average Bonchev–Trinajstić information content (AvgIpc) is 2.51. The minimum atomic E-state index is -0.337. The van der Waals surface area contributed by atoms with Crippen molar-refractivity contribution >= 4 is 11.6 Å². The Labute approximate surface area is 128 Å². The summed E-state index contributed by atoms with van der Waals surface area (Å²) in [6.07, 6.45) is 0. The van der Waals surface area contributed by atoms with E-state index >= 15 is 0 Å². The van der Waals surface area contributed by atoms with Crippen molar-refractivity contribution in [1.29, 1.82) is 0 Å². The molecule has 5 heteroatoms. The number of benzene rings is 2. The third-order valence-corrected chi connectivity index (χ3v) is 3.65. The standard InChI is InChI=1S/C16H17ClFNO2/c1-19-16(12-8-10(18)4-6-14(12)17)13-9-11(20-2)5-7-15(13)21-3/h4-9,16,19H,1-3H3. The molecule has 112 valence electrons. The number of nitrogens with one attached hydrogen (secondary N) is 1. The Morgan fingerprint density at radius 1 is 1.05 bits per heavy atom. The van der Waals surface area contributed by atoms with Gasteiger partial charge in [0, 0.05) is 10.6 Å². The van der Waals surface area contributed by atoms with Crippen LogP contribution in [-0.4, -0.2) is 21.3 Å². The highest BCUT2D eigenvalue weighted by Crippen LogP contribution is 2.35. The van der Waals surface area contributed by atoms with Crippen molar-refractivity contribution in [2.24, 2.45) is 0 Å². The Hall–Kier alpha value is -1.78. The maximum absolute atomic E-state index is 13.5. The smallest absolute Gasteiger partial charge is 0.124 e. The lowest BCUT2D eigenvalue weighted by Gasteiger charge is -2.21. The molecule has 0 aliphatic carbocycles. The zero-order chi connectivity index (χ0) is 15.4. The molecule has 2 rings (SSSR count). The lowest BCUT2D eigenvalue weighted by atomic mass is 9.97. The van der Waals surface area contributed by atoms with Gasteiger partial charge in [0.15, 0.2) is 0 Å². The summed E-state index contributed by atoms with van der Waals surface area (Å²) in [5.74, 6) is 1.03. The van der Waals surface area contributed by atoms with Gasteiger partial charge >= 0.3 is 0 Å². The van der Waals surface area contributed by atoms with Gasteiger partial charge in [-0.25, -0.2) is 4.39 Å². The molecule has 2 aromatic rings. The minimum Gasteiger partial charge on any atom is -0.497 e. The van der Waals surface area contributed by atoms with Gasteiger partial charge in [0.05, 0.1) is 20.3 Å². The zero-order valence-electron chi connectivity index (χ0n) is 12.1. The van der Waals surface area contributed by atoms with E-state index in [1.165, 1.54) is 12.1 Å². The first-order chi connectivity index (χ1) is 10.1. The summed E-state index contributed by atoms with van der Waals surface area (Å²) in [4.78, 5) is 0. The molecule has 0 aliphatic rings. The van der Waals surface area contributed by atoms with Gasteiger partial charge in [0.2, 0.25) is 0 Å². The van der Waals surface area contributed by atoms with E-state index in [1.807, 2.05) is 18.2 Å². The molecular formula is C16H17ClFNO2. The van der Waals surface area contributed by atoms with E-state index in [9.17, 15) is 4.39 Å². The molecule has 0 saturated carbocycles. The van der Waals surface area contributed by atoms with Gasteiger partial charge < -0.3 is 14.8 Å². The first-order valence-corrected chi connectivity index (χ1v) is 6.82. The third kappa shape index (κ3) is 3.28. The summed E-state index contributed by atoms with van der Waals surface area (Å²) in [7, 11) is 4.96. The van der Waals surface area contributed by atoms with E-state index in [0.717, 1.165) is 5.56 Å². The van der Waals surface area contributed by atoms with Crippen molar-refractivity contribution in [3.63, 3.8) is 0 Å². The molecule has 0 saturated heterocycles. The molecule has 0 fully saturated rings. The number of methoxy groups -OCH3 is 2. The number of rotatable bonds is 5. The maximum atomic E-state index is 13.5. The van der Waals surface area contributed by atoms with E-state index in [1.54, 1.807) is 27.3 Å². The molecular weight excluding hydrogens is 293 g/mol. The molecule has 2 aromatic carbocycles.